The predicted octanol–water partition coefficient (Wildman–Crippen LogP) is 2.90. The summed E-state index contributed by atoms with van der Waals surface area (Å²) in [6.07, 6.45) is 3.02. The van der Waals surface area contributed by atoms with Gasteiger partial charge in [0.1, 0.15) is 17.7 Å². The van der Waals surface area contributed by atoms with E-state index in [4.69, 9.17) is 4.74 Å². The minimum Gasteiger partial charge on any atom is -0.487 e. The van der Waals surface area contributed by atoms with E-state index in [0.717, 1.165) is 43.4 Å². The Hall–Kier alpha value is -2.21. The SMILES string of the molecule is OCc1ccnc(N2CCC(Oc3ccc(F)cc3F)CC2)c1. The smallest absolute Gasteiger partial charge is 0.167 e. The molecule has 0 radical (unpaired) electrons. The summed E-state index contributed by atoms with van der Waals surface area (Å²) in [6.45, 7) is 1.45. The minimum atomic E-state index is -0.676. The molecule has 0 atom stereocenters. The Morgan fingerprint density at radius 3 is 2.65 bits per heavy atom. The van der Waals surface area contributed by atoms with Crippen molar-refractivity contribution < 1.29 is 18.6 Å². The van der Waals surface area contributed by atoms with Gasteiger partial charge in [-0.05, 0) is 29.8 Å². The Morgan fingerprint density at radius 2 is 1.96 bits per heavy atom. The second-order valence-corrected chi connectivity index (χ2v) is 5.56. The van der Waals surface area contributed by atoms with Crippen molar-refractivity contribution in [3.63, 3.8) is 0 Å². The number of hydrogen-bond acceptors (Lipinski definition) is 4. The van der Waals surface area contributed by atoms with Crippen LogP contribution in [0.1, 0.15) is 18.4 Å². The lowest BCUT2D eigenvalue weighted by Gasteiger charge is -2.33. The van der Waals surface area contributed by atoms with Gasteiger partial charge in [-0.2, -0.15) is 0 Å². The van der Waals surface area contributed by atoms with E-state index in [2.05, 4.69) is 9.88 Å². The number of aromatic nitrogens is 1. The molecule has 0 spiro atoms. The topological polar surface area (TPSA) is 45.6 Å². The lowest BCUT2D eigenvalue weighted by Crippen LogP contribution is -2.38. The van der Waals surface area contributed by atoms with E-state index in [9.17, 15) is 13.9 Å². The lowest BCUT2D eigenvalue weighted by atomic mass is 10.1. The second-order valence-electron chi connectivity index (χ2n) is 5.56. The highest BCUT2D eigenvalue weighted by Crippen LogP contribution is 2.24. The summed E-state index contributed by atoms with van der Waals surface area (Å²) < 4.78 is 32.2. The lowest BCUT2D eigenvalue weighted by molar-refractivity contribution is 0.163. The number of piperidine rings is 1. The number of aliphatic hydroxyl groups excluding tert-OH is 1. The fraction of sp³-hybridized carbons (Fsp3) is 0.353. The molecule has 4 nitrogen and oxygen atoms in total. The van der Waals surface area contributed by atoms with Crippen molar-refractivity contribution in [2.45, 2.75) is 25.6 Å². The summed E-state index contributed by atoms with van der Waals surface area (Å²) in [4.78, 5) is 6.43. The Bertz CT molecular complexity index is 673. The van der Waals surface area contributed by atoms with Crippen molar-refractivity contribution in [1.29, 1.82) is 0 Å². The molecule has 0 unspecified atom stereocenters. The first-order chi connectivity index (χ1) is 11.2. The highest BCUT2D eigenvalue weighted by molar-refractivity contribution is 5.41. The molecule has 122 valence electrons. The maximum atomic E-state index is 13.6. The number of hydrogen-bond donors (Lipinski definition) is 1. The van der Waals surface area contributed by atoms with Crippen LogP contribution in [-0.2, 0) is 6.61 Å². The molecule has 1 aliphatic heterocycles. The van der Waals surface area contributed by atoms with E-state index in [1.54, 1.807) is 12.3 Å². The van der Waals surface area contributed by atoms with Crippen molar-refractivity contribution >= 4 is 5.82 Å². The van der Waals surface area contributed by atoms with Crippen LogP contribution in [0.15, 0.2) is 36.5 Å². The van der Waals surface area contributed by atoms with Gasteiger partial charge in [-0.1, -0.05) is 0 Å². The zero-order valence-corrected chi connectivity index (χ0v) is 12.6. The number of rotatable bonds is 4. The van der Waals surface area contributed by atoms with Crippen LogP contribution in [0.4, 0.5) is 14.6 Å². The minimum absolute atomic E-state index is 0.0149. The maximum absolute atomic E-state index is 13.6. The van der Waals surface area contributed by atoms with E-state index in [1.807, 2.05) is 6.07 Å². The van der Waals surface area contributed by atoms with Gasteiger partial charge in [0.2, 0.25) is 0 Å². The van der Waals surface area contributed by atoms with Crippen LogP contribution < -0.4 is 9.64 Å². The van der Waals surface area contributed by atoms with Crippen LogP contribution in [0.2, 0.25) is 0 Å². The summed E-state index contributed by atoms with van der Waals surface area (Å²) >= 11 is 0. The van der Waals surface area contributed by atoms with Gasteiger partial charge in [0.05, 0.1) is 6.61 Å². The van der Waals surface area contributed by atoms with Crippen molar-refractivity contribution in [3.8, 4) is 5.75 Å². The molecule has 1 fully saturated rings. The van der Waals surface area contributed by atoms with Crippen molar-refractivity contribution in [1.82, 2.24) is 4.98 Å². The summed E-state index contributed by atoms with van der Waals surface area (Å²) in [7, 11) is 0. The van der Waals surface area contributed by atoms with Crippen LogP contribution in [0.5, 0.6) is 5.75 Å². The average Bonchev–Trinajstić information content (AvgIpc) is 2.58. The molecule has 0 amide bonds. The van der Waals surface area contributed by atoms with Gasteiger partial charge in [-0.3, -0.25) is 0 Å². The first kappa shape index (κ1) is 15.7. The van der Waals surface area contributed by atoms with Crippen molar-refractivity contribution in [3.05, 3.63) is 53.7 Å². The van der Waals surface area contributed by atoms with Crippen LogP contribution in [0.3, 0.4) is 0 Å². The molecular weight excluding hydrogens is 302 g/mol. The number of pyridine rings is 1. The standard InChI is InChI=1S/C17H18F2N2O2/c18-13-1-2-16(15(19)10-13)23-14-4-7-21(8-5-14)17-9-12(11-22)3-6-20-17/h1-3,6,9-10,14,22H,4-5,7-8,11H2. The number of ether oxygens (including phenoxy) is 1. The molecule has 0 aliphatic carbocycles. The zero-order valence-electron chi connectivity index (χ0n) is 12.6. The molecule has 1 N–H and O–H groups in total. The quantitative estimate of drug-likeness (QED) is 0.941. The molecular formula is C17H18F2N2O2. The fourth-order valence-electron chi connectivity index (χ4n) is 2.68. The van der Waals surface area contributed by atoms with E-state index >= 15 is 0 Å². The van der Waals surface area contributed by atoms with Gasteiger partial charge >= 0.3 is 0 Å². The van der Waals surface area contributed by atoms with Gasteiger partial charge < -0.3 is 14.7 Å². The molecule has 1 aromatic carbocycles. The van der Waals surface area contributed by atoms with Gasteiger partial charge in [0, 0.05) is 38.2 Å². The van der Waals surface area contributed by atoms with Crippen molar-refractivity contribution in [2.24, 2.45) is 0 Å². The highest BCUT2D eigenvalue weighted by Gasteiger charge is 2.22. The van der Waals surface area contributed by atoms with Gasteiger partial charge in [-0.25, -0.2) is 13.8 Å². The van der Waals surface area contributed by atoms with Crippen LogP contribution >= 0.6 is 0 Å². The van der Waals surface area contributed by atoms with Gasteiger partial charge in [-0.15, -0.1) is 0 Å². The largest absolute Gasteiger partial charge is 0.487 e. The zero-order chi connectivity index (χ0) is 16.2. The molecule has 6 heteroatoms. The maximum Gasteiger partial charge on any atom is 0.167 e. The molecule has 0 saturated carbocycles. The van der Waals surface area contributed by atoms with E-state index in [-0.39, 0.29) is 18.5 Å². The van der Waals surface area contributed by atoms with E-state index < -0.39 is 11.6 Å². The Kier molecular flexibility index (Phi) is 4.71. The number of benzene rings is 1. The number of anilines is 1. The summed E-state index contributed by atoms with van der Waals surface area (Å²) in [5.41, 5.74) is 0.821. The van der Waals surface area contributed by atoms with E-state index in [0.29, 0.717) is 0 Å². The van der Waals surface area contributed by atoms with Crippen LogP contribution in [0.25, 0.3) is 0 Å². The Labute approximate surface area is 133 Å². The Balaban J connectivity index is 1.59. The molecule has 1 aromatic heterocycles. The molecule has 2 aromatic rings. The monoisotopic (exact) mass is 320 g/mol. The highest BCUT2D eigenvalue weighted by atomic mass is 19.1. The molecule has 23 heavy (non-hydrogen) atoms. The predicted molar refractivity (Wildman–Crippen MR) is 82.4 cm³/mol. The summed E-state index contributed by atoms with van der Waals surface area (Å²) in [6, 6.07) is 6.98. The first-order valence-corrected chi connectivity index (χ1v) is 7.58. The van der Waals surface area contributed by atoms with Gasteiger partial charge in [0.25, 0.3) is 0 Å². The van der Waals surface area contributed by atoms with Gasteiger partial charge in [0.15, 0.2) is 11.6 Å². The summed E-state index contributed by atoms with van der Waals surface area (Å²) in [5.74, 6) is -0.377. The van der Waals surface area contributed by atoms with Crippen molar-refractivity contribution in [2.75, 3.05) is 18.0 Å². The third-order valence-electron chi connectivity index (χ3n) is 3.95. The molecule has 1 aliphatic rings. The second kappa shape index (κ2) is 6.91. The van der Waals surface area contributed by atoms with Crippen LogP contribution in [0, 0.1) is 11.6 Å². The average molecular weight is 320 g/mol. The van der Waals surface area contributed by atoms with Crippen LogP contribution in [-0.4, -0.2) is 29.3 Å². The number of nitrogens with zero attached hydrogens (tertiary/aromatic N) is 2. The molecule has 1 saturated heterocycles. The first-order valence-electron chi connectivity index (χ1n) is 7.58. The third kappa shape index (κ3) is 3.76. The molecule has 0 bridgehead atoms. The third-order valence-corrected chi connectivity index (χ3v) is 3.95. The normalized spacial score (nSPS) is 15.7. The Morgan fingerprint density at radius 1 is 1.17 bits per heavy atom. The fourth-order valence-corrected chi connectivity index (χ4v) is 2.68. The molecule has 3 rings (SSSR count). The number of aliphatic hydroxyl groups is 1. The van der Waals surface area contributed by atoms with E-state index in [1.165, 1.54) is 12.1 Å². The number of halogens is 2. The summed E-state index contributed by atoms with van der Waals surface area (Å²) in [5, 5.41) is 9.18. The molecule has 2 heterocycles.